The molecule has 4 aromatic heterocycles. The molecule has 0 unspecified atom stereocenters. The number of nitrogens with one attached hydrogen (secondary N) is 1. The van der Waals surface area contributed by atoms with Gasteiger partial charge in [-0.25, -0.2) is 19.7 Å². The molecule has 17 nitrogen and oxygen atoms in total. The average molecular weight is 692 g/mol. The minimum absolute atomic E-state index is 0.0252. The molecule has 2 aliphatic carbocycles. The van der Waals surface area contributed by atoms with E-state index in [4.69, 9.17) is 19.0 Å². The maximum Gasteiger partial charge on any atom is 0.331 e. The number of anilines is 2. The first-order valence-electron chi connectivity index (χ1n) is 15.7. The molecular formula is C31H33N9O8S. The molecule has 2 atom stereocenters. The second-order valence-electron chi connectivity index (χ2n) is 12.4. The Morgan fingerprint density at radius 3 is 2.63 bits per heavy atom. The van der Waals surface area contributed by atoms with E-state index in [1.54, 1.807) is 18.5 Å². The number of likely N-dealkylation sites (N-methyl/N-ethyl adjacent to an activating group) is 1. The lowest BCUT2D eigenvalue weighted by atomic mass is 10.1. The molecular weight excluding hydrogens is 658 g/mol. The zero-order valence-electron chi connectivity index (χ0n) is 26.6. The summed E-state index contributed by atoms with van der Waals surface area (Å²) in [6.07, 6.45) is 8.02. The molecule has 4 aromatic rings. The third-order valence-corrected chi connectivity index (χ3v) is 9.28. The van der Waals surface area contributed by atoms with Gasteiger partial charge in [0.2, 0.25) is 17.7 Å². The molecule has 3 fully saturated rings. The molecule has 2 saturated carbocycles. The smallest absolute Gasteiger partial charge is 0.331 e. The fraction of sp³-hybridized carbons (Fsp3) is 0.419. The number of carbonyl (C=O) groups is 3. The number of amides is 4. The number of nitrogens with zero attached hydrogens (tertiary/aromatic N) is 8. The number of ether oxygens (including phenoxy) is 2. The number of pyridine rings is 1. The third-order valence-electron chi connectivity index (χ3n) is 8.48. The van der Waals surface area contributed by atoms with Crippen LogP contribution in [0.25, 0.3) is 5.65 Å². The molecule has 7 rings (SSSR count). The van der Waals surface area contributed by atoms with Crippen molar-refractivity contribution in [2.24, 2.45) is 5.92 Å². The van der Waals surface area contributed by atoms with E-state index >= 15 is 0 Å². The quantitative estimate of drug-likeness (QED) is 0.117. The van der Waals surface area contributed by atoms with Crippen LogP contribution in [0.4, 0.5) is 16.3 Å². The molecule has 0 radical (unpaired) electrons. The molecule has 4 amide bonds. The number of rotatable bonds is 13. The first-order valence-corrected chi connectivity index (χ1v) is 17.3. The maximum atomic E-state index is 13.1. The monoisotopic (exact) mass is 691 g/mol. The minimum Gasteiger partial charge on any atom is -0.471 e. The predicted molar refractivity (Wildman–Crippen MR) is 172 cm³/mol. The normalized spacial score (nSPS) is 19.1. The van der Waals surface area contributed by atoms with Crippen LogP contribution in [-0.2, 0) is 26.3 Å². The van der Waals surface area contributed by atoms with E-state index in [1.165, 1.54) is 18.0 Å². The highest BCUT2D eigenvalue weighted by Crippen LogP contribution is 2.46. The zero-order valence-corrected chi connectivity index (χ0v) is 27.5. The van der Waals surface area contributed by atoms with Gasteiger partial charge >= 0.3 is 12.0 Å². The summed E-state index contributed by atoms with van der Waals surface area (Å²) in [5, 5.41) is 2.78. The minimum atomic E-state index is -4.18. The first-order chi connectivity index (χ1) is 23.4. The van der Waals surface area contributed by atoms with Gasteiger partial charge in [0.1, 0.15) is 24.8 Å². The second-order valence-corrected chi connectivity index (χ2v) is 13.9. The molecule has 0 bridgehead atoms. The molecule has 0 spiro atoms. The molecule has 18 heteroatoms. The maximum absolute atomic E-state index is 13.1. The van der Waals surface area contributed by atoms with Crippen LogP contribution < -0.4 is 19.7 Å². The average Bonchev–Trinajstić information content (AvgIpc) is 3.98. The lowest BCUT2D eigenvalue weighted by molar-refractivity contribution is -0.124. The van der Waals surface area contributed by atoms with Crippen LogP contribution in [0.15, 0.2) is 36.8 Å². The lowest BCUT2D eigenvalue weighted by Crippen LogP contribution is -2.30. The highest BCUT2D eigenvalue weighted by Gasteiger charge is 2.46. The zero-order chi connectivity index (χ0) is 34.4. The highest BCUT2D eigenvalue weighted by atomic mass is 32.2. The van der Waals surface area contributed by atoms with Gasteiger partial charge in [-0.05, 0) is 56.2 Å². The summed E-state index contributed by atoms with van der Waals surface area (Å²) >= 11 is 0. The summed E-state index contributed by atoms with van der Waals surface area (Å²) in [6.45, 7) is 1.58. The number of imide groups is 1. The fourth-order valence-corrected chi connectivity index (χ4v) is 6.12. The van der Waals surface area contributed by atoms with Crippen molar-refractivity contribution in [1.29, 1.82) is 0 Å². The Hall–Kier alpha value is -5.23. The van der Waals surface area contributed by atoms with Crippen molar-refractivity contribution in [3.8, 4) is 11.9 Å². The Balaban J connectivity index is 1.10. The van der Waals surface area contributed by atoms with Crippen molar-refractivity contribution in [3.63, 3.8) is 0 Å². The number of imidazole rings is 1. The van der Waals surface area contributed by atoms with E-state index in [9.17, 15) is 22.8 Å². The van der Waals surface area contributed by atoms with Crippen LogP contribution in [0, 0.1) is 12.8 Å². The summed E-state index contributed by atoms with van der Waals surface area (Å²) in [4.78, 5) is 62.7. The molecule has 1 aliphatic heterocycles. The second kappa shape index (κ2) is 12.7. The van der Waals surface area contributed by atoms with Gasteiger partial charge in [0.25, 0.3) is 10.1 Å². The fourth-order valence-electron chi connectivity index (χ4n) is 5.64. The van der Waals surface area contributed by atoms with Crippen LogP contribution in [0.5, 0.6) is 11.9 Å². The first kappa shape index (κ1) is 32.3. The van der Waals surface area contributed by atoms with E-state index in [0.29, 0.717) is 35.2 Å². The summed E-state index contributed by atoms with van der Waals surface area (Å²) in [5.74, 6) is -0.475. The van der Waals surface area contributed by atoms with Crippen LogP contribution in [-0.4, -0.2) is 91.0 Å². The van der Waals surface area contributed by atoms with E-state index in [2.05, 4.69) is 25.3 Å². The van der Waals surface area contributed by atoms with Crippen LogP contribution >= 0.6 is 0 Å². The van der Waals surface area contributed by atoms with Gasteiger partial charge < -0.3 is 19.2 Å². The molecule has 2 N–H and O–H groups in total. The van der Waals surface area contributed by atoms with Gasteiger partial charge in [0, 0.05) is 49.2 Å². The number of urea groups is 1. The lowest BCUT2D eigenvalue weighted by Gasteiger charge is -2.17. The summed E-state index contributed by atoms with van der Waals surface area (Å²) in [5.41, 5.74) is 3.36. The summed E-state index contributed by atoms with van der Waals surface area (Å²) in [7, 11) is -2.73. The van der Waals surface area contributed by atoms with Crippen molar-refractivity contribution >= 4 is 45.1 Å². The van der Waals surface area contributed by atoms with Crippen LogP contribution in [0.1, 0.15) is 60.3 Å². The molecule has 5 heterocycles. The Morgan fingerprint density at radius 1 is 1.10 bits per heavy atom. The number of fused-ring (bicyclic) bond motifs is 1. The van der Waals surface area contributed by atoms with Gasteiger partial charge in [-0.1, -0.05) is 0 Å². The topological polar surface area (TPSA) is 211 Å². The van der Waals surface area contributed by atoms with Gasteiger partial charge in [0.15, 0.2) is 5.65 Å². The number of carbonyl (C=O) groups excluding carboxylic acids is 3. The molecule has 49 heavy (non-hydrogen) atoms. The Kier molecular flexibility index (Phi) is 8.35. The number of aryl methyl sites for hydroxylation is 1. The summed E-state index contributed by atoms with van der Waals surface area (Å²) < 4.78 is 44.6. The van der Waals surface area contributed by atoms with Gasteiger partial charge in [0.05, 0.1) is 23.7 Å². The van der Waals surface area contributed by atoms with Crippen LogP contribution in [0.2, 0.25) is 0 Å². The Labute approximate surface area is 280 Å². The number of hydrogen-bond acceptors (Lipinski definition) is 12. The SMILES string of the molecule is Cc1ccnc([C@H]2C[C@@H]2C(=O)Nc2cc(OCc3cn4cc(C5CC5)cc(N5CC(=O)N(C)C5=O)c4n3)nc(OCCCS(=O)(=O)O)n2)n1. The third kappa shape index (κ3) is 7.29. The van der Waals surface area contributed by atoms with E-state index in [-0.39, 0.29) is 67.5 Å². The number of aromatic nitrogens is 6. The largest absolute Gasteiger partial charge is 0.471 e. The predicted octanol–water partition coefficient (Wildman–Crippen LogP) is 2.48. The summed E-state index contributed by atoms with van der Waals surface area (Å²) in [6, 6.07) is 4.53. The van der Waals surface area contributed by atoms with Crippen molar-refractivity contribution in [2.75, 3.05) is 36.2 Å². The van der Waals surface area contributed by atoms with Crippen molar-refractivity contribution < 1.29 is 36.8 Å². The van der Waals surface area contributed by atoms with Crippen molar-refractivity contribution in [3.05, 3.63) is 59.6 Å². The van der Waals surface area contributed by atoms with Gasteiger partial charge in [-0.15, -0.1) is 0 Å². The van der Waals surface area contributed by atoms with E-state index in [0.717, 1.165) is 29.0 Å². The molecule has 256 valence electrons. The van der Waals surface area contributed by atoms with Gasteiger partial charge in [-0.3, -0.25) is 23.9 Å². The van der Waals surface area contributed by atoms with Crippen LogP contribution in [0.3, 0.4) is 0 Å². The molecule has 3 aliphatic rings. The number of hydrogen-bond donors (Lipinski definition) is 2. The molecule has 0 aromatic carbocycles. The standard InChI is InChI=1S/C31H33N9O8S/c1-17-6-7-32-27(33-17)21-11-22(21)29(42)35-24-12-25(37-30(36-24)47-8-3-9-49(44,45)46)48-16-20-14-39-13-19(18-4-5-18)10-23(28(39)34-20)40-15-26(41)38(2)31(40)43/h6-7,10,12-14,18,21-22H,3-5,8-9,11,15-16H2,1-2H3,(H,44,45,46)(H,35,36,37,42)/t21-,22-/m0/s1. The highest BCUT2D eigenvalue weighted by molar-refractivity contribution is 7.85. The Morgan fingerprint density at radius 2 is 1.92 bits per heavy atom. The van der Waals surface area contributed by atoms with Gasteiger partial charge in [-0.2, -0.15) is 18.4 Å². The molecule has 1 saturated heterocycles. The van der Waals surface area contributed by atoms with Crippen molar-refractivity contribution in [1.82, 2.24) is 34.2 Å². The Bertz CT molecular complexity index is 2080. The van der Waals surface area contributed by atoms with Crippen molar-refractivity contribution in [2.45, 2.75) is 51.0 Å². The van der Waals surface area contributed by atoms with E-state index < -0.39 is 21.9 Å². The van der Waals surface area contributed by atoms with E-state index in [1.807, 2.05) is 23.6 Å².